The summed E-state index contributed by atoms with van der Waals surface area (Å²) >= 11 is 0. The van der Waals surface area contributed by atoms with Gasteiger partial charge in [0.1, 0.15) is 17.4 Å². The molecule has 2 fully saturated rings. The predicted molar refractivity (Wildman–Crippen MR) is 128 cm³/mol. The number of benzene rings is 1. The van der Waals surface area contributed by atoms with Crippen molar-refractivity contribution in [3.8, 4) is 5.75 Å². The van der Waals surface area contributed by atoms with Crippen LogP contribution in [-0.4, -0.2) is 58.5 Å². The minimum atomic E-state index is 0.134. The largest absolute Gasteiger partial charge is 0.490 e. The van der Waals surface area contributed by atoms with E-state index in [4.69, 9.17) is 14.7 Å². The van der Waals surface area contributed by atoms with Crippen molar-refractivity contribution in [2.75, 3.05) is 32.0 Å². The molecular formula is C26H35N5O2. The lowest BCUT2D eigenvalue weighted by Crippen LogP contribution is -2.32. The molecule has 3 heterocycles. The van der Waals surface area contributed by atoms with E-state index < -0.39 is 0 Å². The summed E-state index contributed by atoms with van der Waals surface area (Å²) in [5.41, 5.74) is 3.64. The summed E-state index contributed by atoms with van der Waals surface area (Å²) in [5.74, 6) is 3.16. The summed E-state index contributed by atoms with van der Waals surface area (Å²) in [4.78, 5) is 26.0. The number of anilines is 1. The number of aromatic nitrogens is 2. The van der Waals surface area contributed by atoms with Crippen LogP contribution < -0.4 is 10.1 Å². The third kappa shape index (κ3) is 4.98. The minimum Gasteiger partial charge on any atom is -0.490 e. The van der Waals surface area contributed by atoms with E-state index in [0.717, 1.165) is 68.7 Å². The van der Waals surface area contributed by atoms with E-state index in [9.17, 15) is 4.79 Å². The third-order valence-electron chi connectivity index (χ3n) is 7.31. The lowest BCUT2D eigenvalue weighted by atomic mass is 10.0. The molecule has 7 heteroatoms. The Kier molecular flexibility index (Phi) is 6.49. The van der Waals surface area contributed by atoms with E-state index >= 15 is 0 Å². The first-order valence-electron chi connectivity index (χ1n) is 12.4. The fourth-order valence-electron chi connectivity index (χ4n) is 5.46. The van der Waals surface area contributed by atoms with Gasteiger partial charge in [0.25, 0.3) is 0 Å². The van der Waals surface area contributed by atoms with Crippen molar-refractivity contribution in [2.24, 2.45) is 0 Å². The van der Waals surface area contributed by atoms with E-state index in [1.807, 2.05) is 11.9 Å². The fraction of sp³-hybridized carbons (Fsp3) is 0.577. The Balaban J connectivity index is 1.29. The van der Waals surface area contributed by atoms with Gasteiger partial charge in [-0.3, -0.25) is 9.69 Å². The topological polar surface area (TPSA) is 70.6 Å². The second-order valence-electron chi connectivity index (χ2n) is 9.69. The van der Waals surface area contributed by atoms with Crippen LogP contribution in [0.15, 0.2) is 24.3 Å². The molecule has 1 unspecified atom stereocenters. The van der Waals surface area contributed by atoms with Gasteiger partial charge in [0, 0.05) is 58.2 Å². The molecule has 1 N–H and O–H groups in total. The summed E-state index contributed by atoms with van der Waals surface area (Å²) < 4.78 is 6.21. The van der Waals surface area contributed by atoms with E-state index in [1.54, 1.807) is 6.92 Å². The number of carbonyl (C=O) groups excluding carboxylic acids is 1. The van der Waals surface area contributed by atoms with Crippen LogP contribution in [0.2, 0.25) is 0 Å². The van der Waals surface area contributed by atoms with E-state index in [0.29, 0.717) is 6.10 Å². The summed E-state index contributed by atoms with van der Waals surface area (Å²) in [6.45, 7) is 5.84. The number of hydrogen-bond acceptors (Lipinski definition) is 6. The number of nitrogens with zero attached hydrogens (tertiary/aromatic N) is 4. The van der Waals surface area contributed by atoms with E-state index in [1.165, 1.54) is 36.8 Å². The highest BCUT2D eigenvalue weighted by Crippen LogP contribution is 2.31. The van der Waals surface area contributed by atoms with Gasteiger partial charge in [0.2, 0.25) is 5.91 Å². The van der Waals surface area contributed by atoms with Crippen molar-refractivity contribution in [1.82, 2.24) is 19.8 Å². The maximum atomic E-state index is 11.8. The van der Waals surface area contributed by atoms with E-state index in [-0.39, 0.29) is 11.8 Å². The van der Waals surface area contributed by atoms with Crippen molar-refractivity contribution in [1.29, 1.82) is 0 Å². The Morgan fingerprint density at radius 3 is 2.79 bits per heavy atom. The van der Waals surface area contributed by atoms with Crippen molar-refractivity contribution in [2.45, 2.75) is 70.6 Å². The molecule has 1 saturated heterocycles. The molecule has 1 amide bonds. The molecule has 3 aliphatic rings. The number of fused-ring (bicyclic) bond motifs is 1. The van der Waals surface area contributed by atoms with Crippen molar-refractivity contribution in [3.05, 3.63) is 46.9 Å². The molecule has 176 valence electrons. The zero-order valence-corrected chi connectivity index (χ0v) is 19.8. The van der Waals surface area contributed by atoms with Crippen molar-refractivity contribution < 1.29 is 9.53 Å². The molecule has 33 heavy (non-hydrogen) atoms. The molecule has 2 aromatic rings. The van der Waals surface area contributed by atoms with Crippen molar-refractivity contribution in [3.63, 3.8) is 0 Å². The van der Waals surface area contributed by atoms with Crippen LogP contribution in [0, 0.1) is 0 Å². The van der Waals surface area contributed by atoms with Gasteiger partial charge >= 0.3 is 0 Å². The van der Waals surface area contributed by atoms with Gasteiger partial charge in [0.05, 0.1) is 11.8 Å². The standard InChI is InChI=1S/C26H35N5O2/c1-18(32)31-13-10-20(16-31)25-28-24-17-30(12-11-23(24)26(27-2)29-25)15-19-6-5-9-22(14-19)33-21-7-3-4-8-21/h5-6,9,14,20-21H,3-4,7-8,10-13,15-17H2,1-2H3,(H,27,28,29). The first-order chi connectivity index (χ1) is 16.1. The Morgan fingerprint density at radius 1 is 1.18 bits per heavy atom. The first-order valence-corrected chi connectivity index (χ1v) is 12.4. The smallest absolute Gasteiger partial charge is 0.219 e. The zero-order chi connectivity index (χ0) is 22.8. The van der Waals surface area contributed by atoms with Gasteiger partial charge in [0.15, 0.2) is 0 Å². The maximum absolute atomic E-state index is 11.8. The molecule has 1 saturated carbocycles. The van der Waals surface area contributed by atoms with Gasteiger partial charge in [-0.15, -0.1) is 0 Å². The predicted octanol–water partition coefficient (Wildman–Crippen LogP) is 3.73. The van der Waals surface area contributed by atoms with Crippen LogP contribution in [-0.2, 0) is 24.3 Å². The van der Waals surface area contributed by atoms with Crippen LogP contribution >= 0.6 is 0 Å². The maximum Gasteiger partial charge on any atom is 0.219 e. The third-order valence-corrected chi connectivity index (χ3v) is 7.31. The average Bonchev–Trinajstić information content (AvgIpc) is 3.51. The van der Waals surface area contributed by atoms with Crippen LogP contribution in [0.5, 0.6) is 5.75 Å². The number of nitrogens with one attached hydrogen (secondary N) is 1. The highest BCUT2D eigenvalue weighted by atomic mass is 16.5. The van der Waals surface area contributed by atoms with Crippen LogP contribution in [0.1, 0.15) is 67.6 Å². The molecule has 0 spiro atoms. The monoisotopic (exact) mass is 449 g/mol. The van der Waals surface area contributed by atoms with Gasteiger partial charge in [-0.1, -0.05) is 12.1 Å². The Hall–Kier alpha value is -2.67. The molecular weight excluding hydrogens is 414 g/mol. The molecule has 1 aromatic carbocycles. The number of carbonyl (C=O) groups is 1. The normalized spacial score (nSPS) is 21.3. The lowest BCUT2D eigenvalue weighted by molar-refractivity contribution is -0.127. The second kappa shape index (κ2) is 9.67. The van der Waals surface area contributed by atoms with Gasteiger partial charge in [-0.05, 0) is 56.2 Å². The second-order valence-corrected chi connectivity index (χ2v) is 9.69. The summed E-state index contributed by atoms with van der Waals surface area (Å²) in [6.07, 6.45) is 7.16. The van der Waals surface area contributed by atoms with Crippen molar-refractivity contribution >= 4 is 11.7 Å². The molecule has 7 nitrogen and oxygen atoms in total. The Labute approximate surface area is 196 Å². The molecule has 0 radical (unpaired) electrons. The summed E-state index contributed by atoms with van der Waals surface area (Å²) in [6, 6.07) is 8.58. The SMILES string of the molecule is CNc1nc(C2CCN(C(C)=O)C2)nc2c1CCN(Cc1cccc(OC3CCCC3)c1)C2. The number of hydrogen-bond donors (Lipinski definition) is 1. The number of rotatable bonds is 6. The average molecular weight is 450 g/mol. The summed E-state index contributed by atoms with van der Waals surface area (Å²) in [7, 11) is 1.94. The Morgan fingerprint density at radius 2 is 2.03 bits per heavy atom. The quantitative estimate of drug-likeness (QED) is 0.725. The highest BCUT2D eigenvalue weighted by molar-refractivity contribution is 5.73. The van der Waals surface area contributed by atoms with Gasteiger partial charge in [-0.2, -0.15) is 0 Å². The molecule has 2 aliphatic heterocycles. The number of amides is 1. The Bertz CT molecular complexity index is 1000. The molecule has 1 atom stereocenters. The van der Waals surface area contributed by atoms with Crippen LogP contribution in [0.4, 0.5) is 5.82 Å². The number of likely N-dealkylation sites (tertiary alicyclic amines) is 1. The lowest BCUT2D eigenvalue weighted by Gasteiger charge is -2.30. The highest BCUT2D eigenvalue weighted by Gasteiger charge is 2.30. The first kappa shape index (κ1) is 22.1. The summed E-state index contributed by atoms with van der Waals surface area (Å²) in [5, 5.41) is 3.29. The van der Waals surface area contributed by atoms with Gasteiger partial charge in [-0.25, -0.2) is 9.97 Å². The van der Waals surface area contributed by atoms with Gasteiger partial charge < -0.3 is 15.0 Å². The molecule has 1 aliphatic carbocycles. The molecule has 5 rings (SSSR count). The fourth-order valence-corrected chi connectivity index (χ4v) is 5.46. The zero-order valence-electron chi connectivity index (χ0n) is 19.8. The van der Waals surface area contributed by atoms with Crippen LogP contribution in [0.25, 0.3) is 0 Å². The molecule has 0 bridgehead atoms. The van der Waals surface area contributed by atoms with Crippen LogP contribution in [0.3, 0.4) is 0 Å². The minimum absolute atomic E-state index is 0.134. The molecule has 1 aromatic heterocycles. The van der Waals surface area contributed by atoms with E-state index in [2.05, 4.69) is 34.5 Å². The number of ether oxygens (including phenoxy) is 1.